The molecule has 0 aliphatic carbocycles. The van der Waals surface area contributed by atoms with Crippen LogP contribution < -0.4 is 5.32 Å². The second-order valence-corrected chi connectivity index (χ2v) is 6.60. The first kappa shape index (κ1) is 16.2. The molecule has 0 saturated carbocycles. The molecule has 1 aromatic carbocycles. The van der Waals surface area contributed by atoms with Crippen molar-refractivity contribution < 1.29 is 18.7 Å². The molecule has 1 saturated heterocycles. The van der Waals surface area contributed by atoms with Crippen LogP contribution in [0.3, 0.4) is 0 Å². The Morgan fingerprint density at radius 2 is 2.24 bits per heavy atom. The number of amides is 1. The number of hydrogen-bond donors (Lipinski definition) is 2. The van der Waals surface area contributed by atoms with Crippen molar-refractivity contribution in [3.63, 3.8) is 0 Å². The highest BCUT2D eigenvalue weighted by Crippen LogP contribution is 2.28. The van der Waals surface area contributed by atoms with Crippen LogP contribution >= 0.6 is 11.8 Å². The third-order valence-corrected chi connectivity index (χ3v) is 4.83. The molecule has 1 aromatic rings. The van der Waals surface area contributed by atoms with Gasteiger partial charge in [0.05, 0.1) is 0 Å². The Morgan fingerprint density at radius 3 is 2.86 bits per heavy atom. The first-order chi connectivity index (χ1) is 9.90. The van der Waals surface area contributed by atoms with Crippen LogP contribution in [0.2, 0.25) is 0 Å². The molecule has 2 N–H and O–H groups in total. The zero-order valence-electron chi connectivity index (χ0n) is 11.9. The SMILES string of the molecule is CC(CCc1ccc(F)c(F)c1)NC(=O)C1(O)CCSC1. The van der Waals surface area contributed by atoms with Crippen molar-refractivity contribution in [1.29, 1.82) is 0 Å². The normalized spacial score (nSPS) is 23.0. The Hall–Kier alpha value is -1.14. The van der Waals surface area contributed by atoms with Gasteiger partial charge in [0.25, 0.3) is 5.91 Å². The summed E-state index contributed by atoms with van der Waals surface area (Å²) in [4.78, 5) is 12.0. The van der Waals surface area contributed by atoms with Crippen molar-refractivity contribution in [2.45, 2.75) is 37.8 Å². The molecule has 0 radical (unpaired) electrons. The van der Waals surface area contributed by atoms with Crippen LogP contribution in [-0.4, -0.2) is 34.2 Å². The van der Waals surface area contributed by atoms with Crippen molar-refractivity contribution in [3.8, 4) is 0 Å². The lowest BCUT2D eigenvalue weighted by molar-refractivity contribution is -0.137. The van der Waals surface area contributed by atoms with Gasteiger partial charge >= 0.3 is 0 Å². The van der Waals surface area contributed by atoms with E-state index in [1.54, 1.807) is 11.8 Å². The smallest absolute Gasteiger partial charge is 0.253 e. The molecule has 1 heterocycles. The summed E-state index contributed by atoms with van der Waals surface area (Å²) in [7, 11) is 0. The molecule has 0 spiro atoms. The molecular formula is C15H19F2NO2S. The maximum atomic E-state index is 13.1. The molecule has 0 bridgehead atoms. The van der Waals surface area contributed by atoms with E-state index in [-0.39, 0.29) is 11.9 Å². The van der Waals surface area contributed by atoms with Gasteiger partial charge in [0.2, 0.25) is 0 Å². The molecule has 0 aromatic heterocycles. The number of hydrogen-bond acceptors (Lipinski definition) is 3. The van der Waals surface area contributed by atoms with Gasteiger partial charge in [0.15, 0.2) is 17.2 Å². The zero-order chi connectivity index (χ0) is 15.5. The van der Waals surface area contributed by atoms with Crippen molar-refractivity contribution in [1.82, 2.24) is 5.32 Å². The summed E-state index contributed by atoms with van der Waals surface area (Å²) in [6.07, 6.45) is 1.60. The minimum absolute atomic E-state index is 0.139. The third kappa shape index (κ3) is 4.17. The molecular weight excluding hydrogens is 296 g/mol. The van der Waals surface area contributed by atoms with Crippen LogP contribution in [0.25, 0.3) is 0 Å². The van der Waals surface area contributed by atoms with Crippen molar-refractivity contribution in [2.24, 2.45) is 0 Å². The maximum absolute atomic E-state index is 13.1. The molecule has 1 amide bonds. The maximum Gasteiger partial charge on any atom is 0.253 e. The van der Waals surface area contributed by atoms with E-state index >= 15 is 0 Å². The predicted molar refractivity (Wildman–Crippen MR) is 79.2 cm³/mol. The molecule has 2 rings (SSSR count). The molecule has 6 heteroatoms. The molecule has 2 atom stereocenters. The molecule has 1 aliphatic heterocycles. The van der Waals surface area contributed by atoms with E-state index in [0.29, 0.717) is 30.6 Å². The molecule has 3 nitrogen and oxygen atoms in total. The fraction of sp³-hybridized carbons (Fsp3) is 0.533. The summed E-state index contributed by atoms with van der Waals surface area (Å²) in [5, 5.41) is 12.9. The first-order valence-corrected chi connectivity index (χ1v) is 8.11. The van der Waals surface area contributed by atoms with Crippen LogP contribution in [0, 0.1) is 11.6 Å². The van der Waals surface area contributed by atoms with Crippen molar-refractivity contribution in [2.75, 3.05) is 11.5 Å². The molecule has 116 valence electrons. The fourth-order valence-corrected chi connectivity index (χ4v) is 3.48. The lowest BCUT2D eigenvalue weighted by Crippen LogP contribution is -2.49. The van der Waals surface area contributed by atoms with E-state index in [9.17, 15) is 18.7 Å². The highest BCUT2D eigenvalue weighted by molar-refractivity contribution is 7.99. The number of halogens is 2. The van der Waals surface area contributed by atoms with E-state index in [4.69, 9.17) is 0 Å². The Morgan fingerprint density at radius 1 is 1.48 bits per heavy atom. The standard InChI is InChI=1S/C15H19F2NO2S/c1-10(18-14(19)15(20)6-7-21-9-15)2-3-11-4-5-12(16)13(17)8-11/h4-5,8,10,20H,2-3,6-7,9H2,1H3,(H,18,19). The van der Waals surface area contributed by atoms with Crippen molar-refractivity contribution in [3.05, 3.63) is 35.4 Å². The zero-order valence-corrected chi connectivity index (χ0v) is 12.7. The van der Waals surface area contributed by atoms with E-state index < -0.39 is 17.2 Å². The summed E-state index contributed by atoms with van der Waals surface area (Å²) < 4.78 is 25.9. The van der Waals surface area contributed by atoms with Gasteiger partial charge < -0.3 is 10.4 Å². The number of aliphatic hydroxyl groups is 1. The average molecular weight is 315 g/mol. The topological polar surface area (TPSA) is 49.3 Å². The molecule has 2 unspecified atom stereocenters. The number of thioether (sulfide) groups is 1. The molecule has 1 aliphatic rings. The summed E-state index contributed by atoms with van der Waals surface area (Å²) in [6, 6.07) is 3.67. The van der Waals surface area contributed by atoms with E-state index in [1.165, 1.54) is 12.1 Å². The second-order valence-electron chi connectivity index (χ2n) is 5.50. The fourth-order valence-electron chi connectivity index (χ4n) is 2.24. The minimum Gasteiger partial charge on any atom is -0.379 e. The van der Waals surface area contributed by atoms with Crippen LogP contribution in [-0.2, 0) is 11.2 Å². The largest absolute Gasteiger partial charge is 0.379 e. The van der Waals surface area contributed by atoms with E-state index in [1.807, 2.05) is 6.92 Å². The summed E-state index contributed by atoms with van der Waals surface area (Å²) in [5.41, 5.74) is -0.578. The van der Waals surface area contributed by atoms with Gasteiger partial charge in [-0.2, -0.15) is 11.8 Å². The Bertz CT molecular complexity index is 518. The van der Waals surface area contributed by atoms with E-state index in [0.717, 1.165) is 11.8 Å². The van der Waals surface area contributed by atoms with Crippen molar-refractivity contribution >= 4 is 17.7 Å². The first-order valence-electron chi connectivity index (χ1n) is 6.96. The van der Waals surface area contributed by atoms with Gasteiger partial charge in [-0.25, -0.2) is 8.78 Å². The summed E-state index contributed by atoms with van der Waals surface area (Å²) >= 11 is 1.56. The number of rotatable bonds is 5. The Kier molecular flexibility index (Phi) is 5.22. The van der Waals surface area contributed by atoms with Gasteiger partial charge in [-0.1, -0.05) is 6.07 Å². The Balaban J connectivity index is 1.83. The van der Waals surface area contributed by atoms with Crippen LogP contribution in [0.1, 0.15) is 25.3 Å². The highest BCUT2D eigenvalue weighted by atomic mass is 32.2. The molecule has 21 heavy (non-hydrogen) atoms. The average Bonchev–Trinajstić information content (AvgIpc) is 2.88. The number of carbonyl (C=O) groups is 1. The van der Waals surface area contributed by atoms with Crippen LogP contribution in [0.5, 0.6) is 0 Å². The number of carbonyl (C=O) groups excluding carboxylic acids is 1. The second kappa shape index (κ2) is 6.75. The van der Waals surface area contributed by atoms with E-state index in [2.05, 4.69) is 5.32 Å². The third-order valence-electron chi connectivity index (χ3n) is 3.65. The number of benzene rings is 1. The lowest BCUT2D eigenvalue weighted by atomic mass is 10.0. The summed E-state index contributed by atoms with van der Waals surface area (Å²) in [6.45, 7) is 1.84. The van der Waals surface area contributed by atoms with Gasteiger partial charge in [0, 0.05) is 11.8 Å². The lowest BCUT2D eigenvalue weighted by Gasteiger charge is -2.23. The van der Waals surface area contributed by atoms with Gasteiger partial charge in [-0.05, 0) is 49.6 Å². The predicted octanol–water partition coefficient (Wildman–Crippen LogP) is 2.27. The van der Waals surface area contributed by atoms with Gasteiger partial charge in [0.1, 0.15) is 0 Å². The van der Waals surface area contributed by atoms with Crippen LogP contribution in [0.15, 0.2) is 18.2 Å². The highest BCUT2D eigenvalue weighted by Gasteiger charge is 2.39. The van der Waals surface area contributed by atoms with Gasteiger partial charge in [-0.15, -0.1) is 0 Å². The molecule has 1 fully saturated rings. The monoisotopic (exact) mass is 315 g/mol. The number of nitrogens with one attached hydrogen (secondary N) is 1. The van der Waals surface area contributed by atoms with Crippen LogP contribution in [0.4, 0.5) is 8.78 Å². The Labute approximate surface area is 127 Å². The quantitative estimate of drug-likeness (QED) is 0.876. The summed E-state index contributed by atoms with van der Waals surface area (Å²) in [5.74, 6) is -0.852. The number of aryl methyl sites for hydroxylation is 1. The minimum atomic E-state index is -1.26. The van der Waals surface area contributed by atoms with Gasteiger partial charge in [-0.3, -0.25) is 4.79 Å².